The van der Waals surface area contributed by atoms with E-state index in [1.165, 1.54) is 13.8 Å². The van der Waals surface area contributed by atoms with Crippen molar-refractivity contribution < 1.29 is 14.7 Å². The molecule has 0 aliphatic carbocycles. The first-order chi connectivity index (χ1) is 8.32. The summed E-state index contributed by atoms with van der Waals surface area (Å²) in [5.74, 6) is -1.47. The number of carbonyl (C=O) groups is 2. The number of anilines is 1. The van der Waals surface area contributed by atoms with Crippen LogP contribution in [0.25, 0.3) is 0 Å². The van der Waals surface area contributed by atoms with Gasteiger partial charge in [0.1, 0.15) is 0 Å². The van der Waals surface area contributed by atoms with Crippen molar-refractivity contribution >= 4 is 17.6 Å². The third-order valence-corrected chi connectivity index (χ3v) is 2.85. The van der Waals surface area contributed by atoms with Gasteiger partial charge in [-0.2, -0.15) is 0 Å². The van der Waals surface area contributed by atoms with E-state index in [4.69, 9.17) is 5.11 Å². The summed E-state index contributed by atoms with van der Waals surface area (Å²) in [6.07, 6.45) is 0. The zero-order valence-corrected chi connectivity index (χ0v) is 11.0. The molecule has 0 fully saturated rings. The topological polar surface area (TPSA) is 66.4 Å². The largest absolute Gasteiger partial charge is 0.478 e. The number of rotatable bonds is 3. The van der Waals surface area contributed by atoms with Crippen LogP contribution in [-0.2, 0) is 9.59 Å². The maximum atomic E-state index is 11.9. The van der Waals surface area contributed by atoms with Gasteiger partial charge in [0.05, 0.1) is 0 Å². The molecule has 96 valence electrons. The molecule has 4 heteroatoms. The monoisotopic (exact) mass is 247 g/mol. The quantitative estimate of drug-likeness (QED) is 0.807. The van der Waals surface area contributed by atoms with E-state index >= 15 is 0 Å². The van der Waals surface area contributed by atoms with Gasteiger partial charge >= 0.3 is 5.97 Å². The Labute approximate surface area is 106 Å². The first-order valence-electron chi connectivity index (χ1n) is 5.62. The summed E-state index contributed by atoms with van der Waals surface area (Å²) in [6.45, 7) is 6.78. The Hall–Kier alpha value is -2.10. The predicted octanol–water partition coefficient (Wildman–Crippen LogP) is 2.66. The van der Waals surface area contributed by atoms with Gasteiger partial charge in [0.2, 0.25) is 0 Å². The zero-order valence-electron chi connectivity index (χ0n) is 11.0. The molecule has 0 saturated carbocycles. The van der Waals surface area contributed by atoms with Gasteiger partial charge in [-0.3, -0.25) is 4.79 Å². The molecule has 18 heavy (non-hydrogen) atoms. The average molecular weight is 247 g/mol. The molecule has 0 atom stereocenters. The SMILES string of the molecule is CC(C(=O)O)=C(C)C(=O)Nc1ccc(C)cc1C. The lowest BCUT2D eigenvalue weighted by Crippen LogP contribution is -2.16. The number of hydrogen-bond donors (Lipinski definition) is 2. The minimum Gasteiger partial charge on any atom is -0.478 e. The van der Waals surface area contributed by atoms with Crippen LogP contribution in [0.1, 0.15) is 25.0 Å². The minimum absolute atomic E-state index is 0.0530. The second-order valence-electron chi connectivity index (χ2n) is 4.33. The van der Waals surface area contributed by atoms with E-state index in [1.807, 2.05) is 32.0 Å². The van der Waals surface area contributed by atoms with E-state index < -0.39 is 5.97 Å². The van der Waals surface area contributed by atoms with E-state index in [9.17, 15) is 9.59 Å². The molecule has 0 heterocycles. The maximum absolute atomic E-state index is 11.9. The molecule has 0 aliphatic rings. The highest BCUT2D eigenvalue weighted by Crippen LogP contribution is 2.17. The number of nitrogens with one attached hydrogen (secondary N) is 1. The molecule has 1 rings (SSSR count). The summed E-state index contributed by atoms with van der Waals surface area (Å²) in [5.41, 5.74) is 3.02. The number of aliphatic carboxylic acids is 1. The van der Waals surface area contributed by atoms with Gasteiger partial charge in [0, 0.05) is 16.8 Å². The first-order valence-corrected chi connectivity index (χ1v) is 5.62. The minimum atomic E-state index is -1.08. The van der Waals surface area contributed by atoms with Crippen LogP contribution >= 0.6 is 0 Å². The molecule has 2 N–H and O–H groups in total. The van der Waals surface area contributed by atoms with Gasteiger partial charge in [-0.15, -0.1) is 0 Å². The Bertz CT molecular complexity index is 530. The van der Waals surface area contributed by atoms with E-state index in [2.05, 4.69) is 5.32 Å². The Morgan fingerprint density at radius 1 is 1.11 bits per heavy atom. The fourth-order valence-electron chi connectivity index (χ4n) is 1.50. The molecule has 0 radical (unpaired) electrons. The summed E-state index contributed by atoms with van der Waals surface area (Å²) in [6, 6.07) is 5.66. The van der Waals surface area contributed by atoms with Crippen molar-refractivity contribution in [1.29, 1.82) is 0 Å². The highest BCUT2D eigenvalue weighted by atomic mass is 16.4. The van der Waals surface area contributed by atoms with Gasteiger partial charge in [-0.25, -0.2) is 4.79 Å². The van der Waals surface area contributed by atoms with E-state index in [1.54, 1.807) is 0 Å². The molecule has 0 aliphatic heterocycles. The predicted molar refractivity (Wildman–Crippen MR) is 70.6 cm³/mol. The fraction of sp³-hybridized carbons (Fsp3) is 0.286. The number of carboxylic acid groups (broad SMARTS) is 1. The molecular weight excluding hydrogens is 230 g/mol. The number of carboxylic acids is 1. The molecule has 0 aromatic heterocycles. The Morgan fingerprint density at radius 3 is 2.22 bits per heavy atom. The third kappa shape index (κ3) is 3.20. The lowest BCUT2D eigenvalue weighted by molar-refractivity contribution is -0.133. The molecule has 0 bridgehead atoms. The standard InChI is InChI=1S/C14H17NO3/c1-8-5-6-12(9(2)7-8)15-13(16)10(3)11(4)14(17)18/h5-7H,1-4H3,(H,15,16)(H,17,18). The van der Waals surface area contributed by atoms with Crippen LogP contribution < -0.4 is 5.32 Å². The van der Waals surface area contributed by atoms with Crippen molar-refractivity contribution in [3.63, 3.8) is 0 Å². The summed E-state index contributed by atoms with van der Waals surface area (Å²) >= 11 is 0. The highest BCUT2D eigenvalue weighted by Gasteiger charge is 2.13. The van der Waals surface area contributed by atoms with Gasteiger partial charge in [0.15, 0.2) is 0 Å². The number of amides is 1. The average Bonchev–Trinajstić information content (AvgIpc) is 2.30. The zero-order chi connectivity index (χ0) is 13.9. The van der Waals surface area contributed by atoms with Crippen LogP contribution in [0.3, 0.4) is 0 Å². The summed E-state index contributed by atoms with van der Waals surface area (Å²) < 4.78 is 0. The van der Waals surface area contributed by atoms with Crippen molar-refractivity contribution in [1.82, 2.24) is 0 Å². The van der Waals surface area contributed by atoms with Crippen molar-refractivity contribution in [3.05, 3.63) is 40.5 Å². The normalized spacial score (nSPS) is 11.8. The smallest absolute Gasteiger partial charge is 0.331 e. The highest BCUT2D eigenvalue weighted by molar-refractivity contribution is 6.08. The summed E-state index contributed by atoms with van der Waals surface area (Å²) in [7, 11) is 0. The van der Waals surface area contributed by atoms with Crippen LogP contribution in [0.4, 0.5) is 5.69 Å². The first kappa shape index (κ1) is 14.0. The number of benzene rings is 1. The maximum Gasteiger partial charge on any atom is 0.331 e. The van der Waals surface area contributed by atoms with Crippen molar-refractivity contribution in [2.75, 3.05) is 5.32 Å². The van der Waals surface area contributed by atoms with Gasteiger partial charge in [-0.05, 0) is 39.3 Å². The van der Waals surface area contributed by atoms with Gasteiger partial charge in [-0.1, -0.05) is 17.7 Å². The van der Waals surface area contributed by atoms with E-state index in [-0.39, 0.29) is 17.1 Å². The van der Waals surface area contributed by atoms with Crippen molar-refractivity contribution in [2.24, 2.45) is 0 Å². The molecule has 1 amide bonds. The molecule has 1 aromatic carbocycles. The second-order valence-corrected chi connectivity index (χ2v) is 4.33. The molecule has 4 nitrogen and oxygen atoms in total. The van der Waals surface area contributed by atoms with Gasteiger partial charge in [0.25, 0.3) is 5.91 Å². The third-order valence-electron chi connectivity index (χ3n) is 2.85. The Kier molecular flexibility index (Phi) is 4.26. The van der Waals surface area contributed by atoms with Crippen LogP contribution in [-0.4, -0.2) is 17.0 Å². The van der Waals surface area contributed by atoms with E-state index in [0.29, 0.717) is 5.69 Å². The van der Waals surface area contributed by atoms with Gasteiger partial charge < -0.3 is 10.4 Å². The second kappa shape index (κ2) is 5.49. The summed E-state index contributed by atoms with van der Waals surface area (Å²) in [4.78, 5) is 22.6. The molecule has 0 spiro atoms. The van der Waals surface area contributed by atoms with Crippen LogP contribution in [0.2, 0.25) is 0 Å². The van der Waals surface area contributed by atoms with Crippen LogP contribution in [0.5, 0.6) is 0 Å². The summed E-state index contributed by atoms with van der Waals surface area (Å²) in [5, 5.41) is 11.5. The number of aryl methyl sites for hydroxylation is 2. The van der Waals surface area contributed by atoms with Crippen molar-refractivity contribution in [2.45, 2.75) is 27.7 Å². The molecular formula is C14H17NO3. The van der Waals surface area contributed by atoms with E-state index in [0.717, 1.165) is 11.1 Å². The molecule has 1 aromatic rings. The Morgan fingerprint density at radius 2 is 1.72 bits per heavy atom. The number of hydrogen-bond acceptors (Lipinski definition) is 2. The molecule has 0 saturated heterocycles. The fourth-order valence-corrected chi connectivity index (χ4v) is 1.50. The van der Waals surface area contributed by atoms with Crippen molar-refractivity contribution in [3.8, 4) is 0 Å². The lowest BCUT2D eigenvalue weighted by Gasteiger charge is -2.10. The molecule has 0 unspecified atom stereocenters. The van der Waals surface area contributed by atoms with Crippen LogP contribution in [0.15, 0.2) is 29.3 Å². The van der Waals surface area contributed by atoms with Crippen LogP contribution in [0, 0.1) is 13.8 Å². The Balaban J connectivity index is 2.95. The lowest BCUT2D eigenvalue weighted by atomic mass is 10.1. The number of carbonyl (C=O) groups excluding carboxylic acids is 1.